The number of ketones is 2. The van der Waals surface area contributed by atoms with Gasteiger partial charge in [0.1, 0.15) is 6.10 Å². The zero-order valence-corrected chi connectivity index (χ0v) is 19.8. The van der Waals surface area contributed by atoms with Crippen LogP contribution in [0.5, 0.6) is 0 Å². The molecule has 0 aromatic heterocycles. The molecule has 3 fully saturated rings. The number of aliphatic hydroxyl groups is 2. The summed E-state index contributed by atoms with van der Waals surface area (Å²) in [6.45, 7) is 4.83. The summed E-state index contributed by atoms with van der Waals surface area (Å²) in [5.74, 6) is -3.95. The van der Waals surface area contributed by atoms with Gasteiger partial charge < -0.3 is 19.7 Å². The van der Waals surface area contributed by atoms with Crippen molar-refractivity contribution in [2.75, 3.05) is 6.61 Å². The van der Waals surface area contributed by atoms with Crippen LogP contribution in [0.1, 0.15) is 53.4 Å². The molecule has 0 amide bonds. The van der Waals surface area contributed by atoms with Gasteiger partial charge in [0.15, 0.2) is 23.7 Å². The molecule has 0 saturated heterocycles. The molecule has 9 heteroatoms. The third kappa shape index (κ3) is 3.09. The number of carbonyl (C=O) groups is 4. The van der Waals surface area contributed by atoms with Crippen LogP contribution in [0.3, 0.4) is 0 Å². The Hall–Kier alpha value is -2.39. The number of hydrogen-bond acceptors (Lipinski definition) is 8. The Morgan fingerprint density at radius 2 is 1.85 bits per heavy atom. The number of fused-ring (bicyclic) bond motifs is 5. The van der Waals surface area contributed by atoms with Gasteiger partial charge in [-0.15, -0.1) is 0 Å². The lowest BCUT2D eigenvalue weighted by atomic mass is 9.44. The minimum absolute atomic E-state index is 0.0420. The zero-order chi connectivity index (χ0) is 25.3. The minimum atomic E-state index is -2.32. The molecule has 4 aliphatic rings. The summed E-state index contributed by atoms with van der Waals surface area (Å²) in [4.78, 5) is 48.4. The van der Waals surface area contributed by atoms with Gasteiger partial charge in [-0.3, -0.25) is 19.2 Å². The van der Waals surface area contributed by atoms with Gasteiger partial charge in [0.25, 0.3) is 0 Å². The van der Waals surface area contributed by atoms with Crippen molar-refractivity contribution in [2.24, 2.45) is 22.7 Å². The van der Waals surface area contributed by atoms with Crippen LogP contribution in [0.25, 0.3) is 0 Å². The van der Waals surface area contributed by atoms with E-state index in [0.29, 0.717) is 12.0 Å². The summed E-state index contributed by atoms with van der Waals surface area (Å²) < 4.78 is 27.9. The number of rotatable bonds is 4. The number of esters is 2. The van der Waals surface area contributed by atoms with E-state index in [1.54, 1.807) is 13.8 Å². The summed E-state index contributed by atoms with van der Waals surface area (Å²) in [6.07, 6.45) is 1.84. The molecular formula is C25H31FO8. The molecule has 0 radical (unpaired) electrons. The van der Waals surface area contributed by atoms with Crippen LogP contribution in [0.2, 0.25) is 0 Å². The van der Waals surface area contributed by atoms with Crippen LogP contribution in [0, 0.1) is 22.7 Å². The van der Waals surface area contributed by atoms with Gasteiger partial charge in [-0.1, -0.05) is 18.6 Å². The highest BCUT2D eigenvalue weighted by atomic mass is 19.1. The fourth-order valence-electron chi connectivity index (χ4n) is 7.30. The first-order chi connectivity index (χ1) is 15.7. The molecule has 0 aromatic rings. The van der Waals surface area contributed by atoms with Gasteiger partial charge in [0.05, 0.1) is 6.10 Å². The average Bonchev–Trinajstić information content (AvgIpc) is 2.94. The van der Waals surface area contributed by atoms with Crippen molar-refractivity contribution in [1.82, 2.24) is 0 Å². The fourth-order valence-corrected chi connectivity index (χ4v) is 7.30. The van der Waals surface area contributed by atoms with Gasteiger partial charge in [-0.05, 0) is 50.7 Å². The Bertz CT molecular complexity index is 1020. The van der Waals surface area contributed by atoms with Crippen LogP contribution in [-0.2, 0) is 28.7 Å². The van der Waals surface area contributed by atoms with Gasteiger partial charge in [-0.2, -0.15) is 0 Å². The highest BCUT2D eigenvalue weighted by Gasteiger charge is 2.77. The average molecular weight is 479 g/mol. The first kappa shape index (κ1) is 24.7. The standard InChI is InChI=1S/C25H31FO8/c1-13(27)33-12-20(31)25(32)19(30)10-18-17-6-5-15-9-16(29)7-8-22(15,3)24(17,26)21(34-14(2)28)11-23(18,25)4/h7-9,17-19,21,30,32H,5-6,10-12H2,1-4H3/t17?,18?,19-,21?,22+,23+,24+,25+/m1/s1. The molecule has 4 aliphatic carbocycles. The summed E-state index contributed by atoms with van der Waals surface area (Å²) in [5.41, 5.74) is -6.43. The number of carbonyl (C=O) groups excluding carboxylic acids is 4. The maximum atomic E-state index is 17.5. The molecule has 186 valence electrons. The summed E-state index contributed by atoms with van der Waals surface area (Å²) in [6, 6.07) is 0. The van der Waals surface area contributed by atoms with Gasteiger partial charge in [-0.25, -0.2) is 4.39 Å². The minimum Gasteiger partial charge on any atom is -0.459 e. The lowest BCUT2D eigenvalue weighted by molar-refractivity contribution is -0.231. The van der Waals surface area contributed by atoms with E-state index in [1.807, 2.05) is 0 Å². The summed E-state index contributed by atoms with van der Waals surface area (Å²) in [5, 5.41) is 22.6. The Balaban J connectivity index is 1.83. The largest absolute Gasteiger partial charge is 0.459 e. The number of alkyl halides is 1. The molecule has 8 nitrogen and oxygen atoms in total. The van der Waals surface area contributed by atoms with Crippen molar-refractivity contribution in [3.63, 3.8) is 0 Å². The number of allylic oxidation sites excluding steroid dienone is 4. The zero-order valence-electron chi connectivity index (χ0n) is 19.8. The van der Waals surface area contributed by atoms with Crippen molar-refractivity contribution in [3.05, 3.63) is 23.8 Å². The number of halogens is 1. The van der Waals surface area contributed by atoms with Crippen LogP contribution in [0.15, 0.2) is 23.8 Å². The summed E-state index contributed by atoms with van der Waals surface area (Å²) in [7, 11) is 0. The van der Waals surface area contributed by atoms with E-state index in [4.69, 9.17) is 9.47 Å². The Kier molecular flexibility index (Phi) is 5.68. The predicted octanol–water partition coefficient (Wildman–Crippen LogP) is 1.76. The number of ether oxygens (including phenoxy) is 2. The smallest absolute Gasteiger partial charge is 0.303 e. The Labute approximate surface area is 197 Å². The quantitative estimate of drug-likeness (QED) is 0.586. The molecule has 0 aliphatic heterocycles. The number of aliphatic hydroxyl groups excluding tert-OH is 1. The van der Waals surface area contributed by atoms with E-state index in [0.717, 1.165) is 13.8 Å². The van der Waals surface area contributed by atoms with Crippen molar-refractivity contribution in [2.45, 2.75) is 76.9 Å². The van der Waals surface area contributed by atoms with Gasteiger partial charge in [0.2, 0.25) is 5.78 Å². The molecule has 4 rings (SSSR count). The third-order valence-electron chi connectivity index (χ3n) is 8.98. The van der Waals surface area contributed by atoms with Crippen molar-refractivity contribution < 1.29 is 43.3 Å². The molecule has 0 spiro atoms. The van der Waals surface area contributed by atoms with E-state index in [1.165, 1.54) is 18.2 Å². The molecule has 3 unspecified atom stereocenters. The van der Waals surface area contributed by atoms with Crippen LogP contribution < -0.4 is 0 Å². The monoisotopic (exact) mass is 478 g/mol. The molecule has 8 atom stereocenters. The first-order valence-electron chi connectivity index (χ1n) is 11.6. The Morgan fingerprint density at radius 3 is 2.47 bits per heavy atom. The molecule has 0 aromatic carbocycles. The lowest BCUT2D eigenvalue weighted by Crippen LogP contribution is -2.70. The predicted molar refractivity (Wildman–Crippen MR) is 116 cm³/mol. The molecule has 34 heavy (non-hydrogen) atoms. The van der Waals surface area contributed by atoms with Crippen LogP contribution >= 0.6 is 0 Å². The first-order valence-corrected chi connectivity index (χ1v) is 11.6. The van der Waals surface area contributed by atoms with E-state index in [9.17, 15) is 29.4 Å². The summed E-state index contributed by atoms with van der Waals surface area (Å²) >= 11 is 0. The van der Waals surface area contributed by atoms with E-state index in [2.05, 4.69) is 0 Å². The normalized spacial score (nSPS) is 44.9. The highest BCUT2D eigenvalue weighted by molar-refractivity contribution is 6.01. The maximum absolute atomic E-state index is 17.5. The molecular weight excluding hydrogens is 447 g/mol. The molecule has 0 heterocycles. The van der Waals surface area contributed by atoms with E-state index < -0.39 is 70.5 Å². The SMILES string of the molecule is CC(=O)OCC(=O)[C@@]1(O)[C@H](O)CC2C3CCC4=CC(=O)C=C[C@]4(C)[C@@]3(F)C(OC(C)=O)C[C@@]21C. The number of hydrogen-bond donors (Lipinski definition) is 2. The third-order valence-corrected chi connectivity index (χ3v) is 8.98. The molecule has 0 bridgehead atoms. The second-order valence-electron chi connectivity index (χ2n) is 10.6. The van der Waals surface area contributed by atoms with Crippen molar-refractivity contribution in [1.29, 1.82) is 0 Å². The topological polar surface area (TPSA) is 127 Å². The van der Waals surface area contributed by atoms with E-state index in [-0.39, 0.29) is 25.0 Å². The highest BCUT2D eigenvalue weighted by Crippen LogP contribution is 2.70. The maximum Gasteiger partial charge on any atom is 0.303 e. The number of Topliss-reactive ketones (excluding diaryl/α,β-unsaturated/α-hetero) is 1. The van der Waals surface area contributed by atoms with Crippen molar-refractivity contribution in [3.8, 4) is 0 Å². The molecule has 3 saturated carbocycles. The van der Waals surface area contributed by atoms with Crippen LogP contribution in [0.4, 0.5) is 4.39 Å². The lowest BCUT2D eigenvalue weighted by Gasteiger charge is -2.62. The second kappa shape index (κ2) is 7.81. The van der Waals surface area contributed by atoms with Crippen molar-refractivity contribution >= 4 is 23.5 Å². The fraction of sp³-hybridized carbons (Fsp3) is 0.680. The van der Waals surface area contributed by atoms with Gasteiger partial charge in [0, 0.05) is 30.6 Å². The van der Waals surface area contributed by atoms with Crippen LogP contribution in [-0.4, -0.2) is 63.8 Å². The Morgan fingerprint density at radius 1 is 1.18 bits per heavy atom. The second-order valence-corrected chi connectivity index (χ2v) is 10.6. The van der Waals surface area contributed by atoms with E-state index >= 15 is 4.39 Å². The van der Waals surface area contributed by atoms with Gasteiger partial charge >= 0.3 is 11.9 Å². The molecule has 2 N–H and O–H groups in total.